The molecule has 2 aliphatic carbocycles. The van der Waals surface area contributed by atoms with Gasteiger partial charge in [0, 0.05) is 35.7 Å². The molecule has 0 unspecified atom stereocenters. The van der Waals surface area contributed by atoms with Crippen molar-refractivity contribution in [3.8, 4) is 5.75 Å². The maximum Gasteiger partial charge on any atom is 0.161 e. The van der Waals surface area contributed by atoms with Crippen LogP contribution in [0.25, 0.3) is 0 Å². The molecular weight excluding hydrogens is 338 g/mol. The molecule has 0 radical (unpaired) electrons. The number of hydrogen-bond acceptors (Lipinski definition) is 4. The van der Waals surface area contributed by atoms with Crippen LogP contribution in [0.1, 0.15) is 64.9 Å². The third kappa shape index (κ3) is 3.15. The fourth-order valence-corrected chi connectivity index (χ4v) is 5.09. The Hall–Kier alpha value is -2.23. The van der Waals surface area contributed by atoms with Crippen molar-refractivity contribution < 1.29 is 14.7 Å². The van der Waals surface area contributed by atoms with Crippen LogP contribution >= 0.6 is 0 Å². The summed E-state index contributed by atoms with van der Waals surface area (Å²) in [5.74, 6) is -0.307. The summed E-state index contributed by atoms with van der Waals surface area (Å²) in [5.41, 5.74) is 3.06. The highest BCUT2D eigenvalue weighted by Gasteiger charge is 2.49. The molecule has 4 heteroatoms. The zero-order valence-corrected chi connectivity index (χ0v) is 16.5. The zero-order valence-electron chi connectivity index (χ0n) is 16.5. The number of carbonyl (C=O) groups is 2. The molecule has 0 amide bonds. The van der Waals surface area contributed by atoms with Gasteiger partial charge in [-0.3, -0.25) is 14.6 Å². The fourth-order valence-electron chi connectivity index (χ4n) is 5.09. The average molecular weight is 365 g/mol. The molecule has 1 aliphatic heterocycles. The molecule has 142 valence electrons. The smallest absolute Gasteiger partial charge is 0.161 e. The molecule has 1 aromatic rings. The molecule has 0 bridgehead atoms. The van der Waals surface area contributed by atoms with Crippen LogP contribution in [-0.2, 0) is 9.59 Å². The first-order chi connectivity index (χ1) is 12.6. The topological polar surface area (TPSA) is 66.7 Å². The first-order valence-corrected chi connectivity index (χ1v) is 9.72. The van der Waals surface area contributed by atoms with Gasteiger partial charge in [0.1, 0.15) is 11.5 Å². The van der Waals surface area contributed by atoms with E-state index < -0.39 is 0 Å². The summed E-state index contributed by atoms with van der Waals surface area (Å²) in [4.78, 5) is 31.2. The molecule has 1 aromatic carbocycles. The van der Waals surface area contributed by atoms with Crippen LogP contribution in [0, 0.1) is 16.7 Å². The normalized spacial score (nSPS) is 29.1. The van der Waals surface area contributed by atoms with Crippen molar-refractivity contribution in [2.45, 2.75) is 59.3 Å². The lowest BCUT2D eigenvalue weighted by Crippen LogP contribution is -2.45. The van der Waals surface area contributed by atoms with Crippen molar-refractivity contribution in [1.29, 1.82) is 0 Å². The highest BCUT2D eigenvalue weighted by Crippen LogP contribution is 2.51. The minimum atomic E-state index is -0.385. The molecule has 4 rings (SSSR count). The Balaban J connectivity index is 1.92. The quantitative estimate of drug-likeness (QED) is 0.792. The number of Topliss-reactive ketones (excluding diaryl/α,β-unsaturated/α-hetero) is 2. The zero-order chi connectivity index (χ0) is 19.6. The number of phenolic OH excluding ortho intramolecular Hbond substituents is 1. The number of nitrogens with zero attached hydrogens (tertiary/aromatic N) is 1. The number of benzene rings is 1. The summed E-state index contributed by atoms with van der Waals surface area (Å²) >= 11 is 0. The molecule has 0 aromatic heterocycles. The third-order valence-corrected chi connectivity index (χ3v) is 6.07. The third-order valence-electron chi connectivity index (χ3n) is 6.07. The van der Waals surface area contributed by atoms with E-state index in [0.29, 0.717) is 18.4 Å². The van der Waals surface area contributed by atoms with E-state index in [1.54, 1.807) is 18.2 Å². The van der Waals surface area contributed by atoms with Gasteiger partial charge < -0.3 is 5.11 Å². The number of ketones is 2. The van der Waals surface area contributed by atoms with Gasteiger partial charge in [-0.15, -0.1) is 0 Å². The van der Waals surface area contributed by atoms with Gasteiger partial charge in [-0.1, -0.05) is 39.8 Å². The van der Waals surface area contributed by atoms with Crippen molar-refractivity contribution in [3.63, 3.8) is 0 Å². The highest BCUT2D eigenvalue weighted by atomic mass is 16.3. The number of aliphatic imine (C=N–C) groups is 1. The fraction of sp³-hybridized carbons (Fsp3) is 0.522. The Kier molecular flexibility index (Phi) is 3.95. The summed E-state index contributed by atoms with van der Waals surface area (Å²) in [6, 6.07) is 7.01. The van der Waals surface area contributed by atoms with Crippen LogP contribution < -0.4 is 0 Å². The number of hydrogen-bond donors (Lipinski definition) is 1. The van der Waals surface area contributed by atoms with Crippen molar-refractivity contribution >= 4 is 17.3 Å². The first kappa shape index (κ1) is 18.1. The lowest BCUT2D eigenvalue weighted by molar-refractivity contribution is -0.124. The van der Waals surface area contributed by atoms with E-state index in [4.69, 9.17) is 4.99 Å². The van der Waals surface area contributed by atoms with Crippen LogP contribution in [0.15, 0.2) is 40.5 Å². The molecule has 1 heterocycles. The average Bonchev–Trinajstić information content (AvgIpc) is 2.50. The van der Waals surface area contributed by atoms with Gasteiger partial charge in [0.15, 0.2) is 5.78 Å². The first-order valence-electron chi connectivity index (χ1n) is 9.72. The lowest BCUT2D eigenvalue weighted by Gasteiger charge is -2.44. The summed E-state index contributed by atoms with van der Waals surface area (Å²) in [7, 11) is 0. The van der Waals surface area contributed by atoms with E-state index in [1.807, 2.05) is 6.07 Å². The maximum absolute atomic E-state index is 13.1. The predicted molar refractivity (Wildman–Crippen MR) is 105 cm³/mol. The summed E-state index contributed by atoms with van der Waals surface area (Å²) in [6.45, 7) is 8.40. The minimum Gasteiger partial charge on any atom is -0.508 e. The number of aromatic hydroxyl groups is 1. The van der Waals surface area contributed by atoms with Gasteiger partial charge in [-0.25, -0.2) is 0 Å². The molecule has 0 saturated heterocycles. The van der Waals surface area contributed by atoms with Gasteiger partial charge in [-0.05, 0) is 41.4 Å². The Morgan fingerprint density at radius 3 is 2.37 bits per heavy atom. The molecule has 1 saturated carbocycles. The number of carbonyl (C=O) groups excluding carboxylic acids is 2. The van der Waals surface area contributed by atoms with Crippen molar-refractivity contribution in [2.24, 2.45) is 21.7 Å². The standard InChI is InChI=1S/C23H27NO3/c1-22(2)9-15-20(17(26)11-22)19(13-6-5-7-14(25)8-13)21-16(24-15)10-23(3,4)12-18(21)27/h5-8,19-20,25H,9-12H2,1-4H3/t19-,20-/m1/s1. The second kappa shape index (κ2) is 5.88. The van der Waals surface area contributed by atoms with E-state index >= 15 is 0 Å². The van der Waals surface area contributed by atoms with Crippen molar-refractivity contribution in [1.82, 2.24) is 0 Å². The number of fused-ring (bicyclic) bond motifs is 1. The lowest BCUT2D eigenvalue weighted by atomic mass is 9.60. The SMILES string of the molecule is CC1(C)CC(=O)[C@H]2C(=NC3=C(C(=O)CC(C)(C)C3)[C@@H]2c2cccc(O)c2)C1. The van der Waals surface area contributed by atoms with Crippen LogP contribution in [-0.4, -0.2) is 22.4 Å². The van der Waals surface area contributed by atoms with E-state index in [-0.39, 0.29) is 40.0 Å². The molecule has 4 nitrogen and oxygen atoms in total. The van der Waals surface area contributed by atoms with Crippen LogP contribution in [0.5, 0.6) is 5.75 Å². The molecule has 1 fully saturated rings. The largest absolute Gasteiger partial charge is 0.508 e. The van der Waals surface area contributed by atoms with Gasteiger partial charge in [0.05, 0.1) is 5.92 Å². The Morgan fingerprint density at radius 2 is 1.67 bits per heavy atom. The second-order valence-electron chi connectivity index (χ2n) is 9.94. The summed E-state index contributed by atoms with van der Waals surface area (Å²) in [6.07, 6.45) is 2.48. The molecule has 0 spiro atoms. The number of phenols is 1. The Bertz CT molecular complexity index is 904. The van der Waals surface area contributed by atoms with Crippen LogP contribution in [0.2, 0.25) is 0 Å². The number of allylic oxidation sites excluding steroid dienone is 2. The molecule has 2 atom stereocenters. The van der Waals surface area contributed by atoms with E-state index in [0.717, 1.165) is 29.8 Å². The van der Waals surface area contributed by atoms with Crippen molar-refractivity contribution in [3.05, 3.63) is 41.1 Å². The number of rotatable bonds is 1. The predicted octanol–water partition coefficient (Wildman–Crippen LogP) is 4.58. The minimum absolute atomic E-state index is 0.0926. The monoisotopic (exact) mass is 365 g/mol. The van der Waals surface area contributed by atoms with E-state index in [2.05, 4.69) is 27.7 Å². The maximum atomic E-state index is 13.1. The highest BCUT2D eigenvalue weighted by molar-refractivity contribution is 6.13. The summed E-state index contributed by atoms with van der Waals surface area (Å²) < 4.78 is 0. The second-order valence-corrected chi connectivity index (χ2v) is 9.94. The van der Waals surface area contributed by atoms with Gasteiger partial charge in [0.2, 0.25) is 0 Å². The Labute approximate surface area is 160 Å². The van der Waals surface area contributed by atoms with E-state index in [9.17, 15) is 14.7 Å². The molecule has 1 N–H and O–H groups in total. The molecule has 3 aliphatic rings. The van der Waals surface area contributed by atoms with Crippen LogP contribution in [0.4, 0.5) is 0 Å². The Morgan fingerprint density at radius 1 is 0.963 bits per heavy atom. The summed E-state index contributed by atoms with van der Waals surface area (Å²) in [5, 5.41) is 10.0. The van der Waals surface area contributed by atoms with Crippen LogP contribution in [0.3, 0.4) is 0 Å². The molecular formula is C23H27NO3. The van der Waals surface area contributed by atoms with Gasteiger partial charge in [0.25, 0.3) is 0 Å². The van der Waals surface area contributed by atoms with E-state index in [1.165, 1.54) is 0 Å². The van der Waals surface area contributed by atoms with Crippen molar-refractivity contribution in [2.75, 3.05) is 0 Å². The van der Waals surface area contributed by atoms with Gasteiger partial charge in [-0.2, -0.15) is 0 Å². The molecule has 27 heavy (non-hydrogen) atoms. The van der Waals surface area contributed by atoms with Gasteiger partial charge >= 0.3 is 0 Å².